The third kappa shape index (κ3) is 72.4. The molecule has 0 aliphatic heterocycles. The molecule has 19 heteroatoms. The maximum absolute atomic E-state index is 13.1. The molecule has 0 aromatic heterocycles. The maximum atomic E-state index is 13.1. The predicted molar refractivity (Wildman–Crippen MR) is 400 cm³/mol. The zero-order valence-corrected chi connectivity index (χ0v) is 65.9. The molecule has 582 valence electrons. The summed E-state index contributed by atoms with van der Waals surface area (Å²) < 4.78 is 68.6. The minimum atomic E-state index is -4.96. The second-order valence-corrected chi connectivity index (χ2v) is 32.3. The lowest BCUT2D eigenvalue weighted by molar-refractivity contribution is -0.161. The standard InChI is InChI=1S/C79H154O17P2/c1-7-9-11-13-15-17-18-32-39-45-51-57-63-78(83)95-74(67-89-76(81)61-55-49-43-35-16-14-12-10-8-2)69-93-97(85,86)91-65-73(80)66-92-98(87,88)94-70-75(68-90-77(82)62-56-50-44-38-33-28-25-21-23-27-31-37-42-48-54-60-72(5)6)96-79(84)64-58-52-46-40-34-29-24-20-19-22-26-30-36-41-47-53-59-71(3)4/h71-75,80H,7-70H2,1-6H3,(H,85,86)(H,87,88)/t73-,74+,75+/m0/s1. The summed E-state index contributed by atoms with van der Waals surface area (Å²) in [6, 6.07) is 0. The van der Waals surface area contributed by atoms with E-state index in [9.17, 15) is 43.2 Å². The maximum Gasteiger partial charge on any atom is 0.472 e. The van der Waals surface area contributed by atoms with Crippen LogP contribution in [0.3, 0.4) is 0 Å². The van der Waals surface area contributed by atoms with Gasteiger partial charge in [-0.05, 0) is 37.5 Å². The summed E-state index contributed by atoms with van der Waals surface area (Å²) in [5.41, 5.74) is 0. The number of aliphatic hydroxyl groups excluding tert-OH is 1. The summed E-state index contributed by atoms with van der Waals surface area (Å²) in [7, 11) is -9.91. The van der Waals surface area contributed by atoms with Gasteiger partial charge in [-0.3, -0.25) is 37.3 Å². The largest absolute Gasteiger partial charge is 0.472 e. The molecule has 0 saturated carbocycles. The third-order valence-electron chi connectivity index (χ3n) is 18.5. The van der Waals surface area contributed by atoms with Crippen molar-refractivity contribution in [2.45, 2.75) is 432 Å². The molecule has 5 atom stereocenters. The topological polar surface area (TPSA) is 237 Å². The molecule has 0 saturated heterocycles. The van der Waals surface area contributed by atoms with Gasteiger partial charge in [-0.2, -0.15) is 0 Å². The van der Waals surface area contributed by atoms with Gasteiger partial charge in [0.15, 0.2) is 12.2 Å². The Kier molecular flexibility index (Phi) is 69.3. The van der Waals surface area contributed by atoms with Crippen molar-refractivity contribution in [3.63, 3.8) is 0 Å². The molecule has 98 heavy (non-hydrogen) atoms. The lowest BCUT2D eigenvalue weighted by atomic mass is 10.0. The Labute approximate surface area is 600 Å². The molecule has 0 heterocycles. The molecule has 0 aliphatic carbocycles. The van der Waals surface area contributed by atoms with Crippen molar-refractivity contribution < 1.29 is 80.2 Å². The highest BCUT2D eigenvalue weighted by molar-refractivity contribution is 7.47. The van der Waals surface area contributed by atoms with Crippen LogP contribution in [-0.2, 0) is 65.4 Å². The van der Waals surface area contributed by atoms with Gasteiger partial charge in [-0.25, -0.2) is 9.13 Å². The van der Waals surface area contributed by atoms with Crippen molar-refractivity contribution in [1.29, 1.82) is 0 Å². The van der Waals surface area contributed by atoms with Crippen molar-refractivity contribution in [2.24, 2.45) is 11.8 Å². The summed E-state index contributed by atoms with van der Waals surface area (Å²) in [5.74, 6) is -0.496. The first kappa shape index (κ1) is 96.1. The zero-order valence-electron chi connectivity index (χ0n) is 64.1. The molecule has 0 rings (SSSR count). The fourth-order valence-electron chi connectivity index (χ4n) is 12.2. The third-order valence-corrected chi connectivity index (χ3v) is 20.4. The molecule has 0 radical (unpaired) electrons. The minimum absolute atomic E-state index is 0.107. The zero-order chi connectivity index (χ0) is 72.1. The molecule has 3 N–H and O–H groups in total. The van der Waals surface area contributed by atoms with Crippen LogP contribution in [0.25, 0.3) is 0 Å². The van der Waals surface area contributed by atoms with Gasteiger partial charge >= 0.3 is 39.5 Å². The normalized spacial score (nSPS) is 13.9. The number of aliphatic hydroxyl groups is 1. The first-order chi connectivity index (χ1) is 47.4. The van der Waals surface area contributed by atoms with E-state index in [1.54, 1.807) is 0 Å². The van der Waals surface area contributed by atoms with Gasteiger partial charge in [0.05, 0.1) is 26.4 Å². The van der Waals surface area contributed by atoms with Crippen LogP contribution in [0.5, 0.6) is 0 Å². The molecule has 2 unspecified atom stereocenters. The van der Waals surface area contributed by atoms with Crippen LogP contribution in [0.4, 0.5) is 0 Å². The number of esters is 4. The number of hydrogen-bond donors (Lipinski definition) is 3. The average molecular weight is 1440 g/mol. The summed E-state index contributed by atoms with van der Waals surface area (Å²) >= 11 is 0. The van der Waals surface area contributed by atoms with Crippen LogP contribution in [0.15, 0.2) is 0 Å². The highest BCUT2D eigenvalue weighted by atomic mass is 31.2. The van der Waals surface area contributed by atoms with Crippen molar-refractivity contribution in [1.82, 2.24) is 0 Å². The van der Waals surface area contributed by atoms with Gasteiger partial charge in [0.25, 0.3) is 0 Å². The van der Waals surface area contributed by atoms with Crippen LogP contribution < -0.4 is 0 Å². The van der Waals surface area contributed by atoms with Crippen LogP contribution in [0.1, 0.15) is 414 Å². The van der Waals surface area contributed by atoms with Crippen molar-refractivity contribution >= 4 is 39.5 Å². The number of carbonyl (C=O) groups excluding carboxylic acids is 4. The second-order valence-electron chi connectivity index (χ2n) is 29.4. The molecule has 0 aromatic carbocycles. The van der Waals surface area contributed by atoms with Crippen LogP contribution in [0.2, 0.25) is 0 Å². The smallest absolute Gasteiger partial charge is 0.462 e. The first-order valence-corrected chi connectivity index (χ1v) is 44.0. The van der Waals surface area contributed by atoms with E-state index < -0.39 is 97.5 Å². The van der Waals surface area contributed by atoms with Gasteiger partial charge in [0, 0.05) is 25.7 Å². The van der Waals surface area contributed by atoms with Crippen molar-refractivity contribution in [3.05, 3.63) is 0 Å². The molecular weight excluding hydrogens is 1280 g/mol. The molecular formula is C79H154O17P2. The highest BCUT2D eigenvalue weighted by Gasteiger charge is 2.30. The molecule has 0 amide bonds. The number of rotatable bonds is 78. The van der Waals surface area contributed by atoms with Gasteiger partial charge in [-0.15, -0.1) is 0 Å². The Morgan fingerprint density at radius 3 is 0.694 bits per heavy atom. The SMILES string of the molecule is CCCCCCCCCCCCCCC(=O)O[C@H](COC(=O)CCCCCCCCCCC)COP(=O)(O)OC[C@H](O)COP(=O)(O)OC[C@@H](COC(=O)CCCCCCCCCCCCCCCCCC(C)C)OC(=O)CCCCCCCCCCCCCCCCCCC(C)C. The van der Waals surface area contributed by atoms with E-state index in [1.807, 2.05) is 0 Å². The fraction of sp³-hybridized carbons (Fsp3) is 0.949. The molecule has 0 aliphatic rings. The number of unbranched alkanes of at least 4 members (excludes halogenated alkanes) is 48. The summed E-state index contributed by atoms with van der Waals surface area (Å²) in [5, 5.41) is 10.6. The number of phosphoric ester groups is 2. The van der Waals surface area contributed by atoms with Gasteiger partial charge in [0.2, 0.25) is 0 Å². The van der Waals surface area contributed by atoms with E-state index in [0.29, 0.717) is 25.7 Å². The van der Waals surface area contributed by atoms with Crippen molar-refractivity contribution in [3.8, 4) is 0 Å². The molecule has 0 bridgehead atoms. The lowest BCUT2D eigenvalue weighted by Gasteiger charge is -2.21. The predicted octanol–water partition coefficient (Wildman–Crippen LogP) is 23.5. The highest BCUT2D eigenvalue weighted by Crippen LogP contribution is 2.45. The molecule has 0 spiro atoms. The Balaban J connectivity index is 5.21. The lowest BCUT2D eigenvalue weighted by Crippen LogP contribution is -2.30. The number of hydrogen-bond acceptors (Lipinski definition) is 15. The Morgan fingerprint density at radius 2 is 0.469 bits per heavy atom. The van der Waals surface area contributed by atoms with Crippen LogP contribution in [-0.4, -0.2) is 96.7 Å². The molecule has 0 aromatic rings. The van der Waals surface area contributed by atoms with Crippen molar-refractivity contribution in [2.75, 3.05) is 39.6 Å². The van der Waals surface area contributed by atoms with E-state index in [2.05, 4.69) is 41.5 Å². The van der Waals surface area contributed by atoms with E-state index >= 15 is 0 Å². The summed E-state index contributed by atoms with van der Waals surface area (Å²) in [6.07, 6.45) is 59.6. The van der Waals surface area contributed by atoms with Gasteiger partial charge in [0.1, 0.15) is 19.3 Å². The Bertz CT molecular complexity index is 1890. The number of ether oxygens (including phenoxy) is 4. The summed E-state index contributed by atoms with van der Waals surface area (Å²) in [6.45, 7) is 9.66. The molecule has 17 nitrogen and oxygen atoms in total. The van der Waals surface area contributed by atoms with E-state index in [4.69, 9.17) is 37.0 Å². The van der Waals surface area contributed by atoms with E-state index in [1.165, 1.54) is 231 Å². The first-order valence-electron chi connectivity index (χ1n) is 41.0. The van der Waals surface area contributed by atoms with Crippen LogP contribution >= 0.6 is 15.6 Å². The Hall–Kier alpha value is -1.94. The number of phosphoric acid groups is 2. The summed E-state index contributed by atoms with van der Waals surface area (Å²) in [4.78, 5) is 72.9. The van der Waals surface area contributed by atoms with Gasteiger partial charge in [-0.1, -0.05) is 363 Å². The quantitative estimate of drug-likeness (QED) is 0.0222. The molecule has 0 fully saturated rings. The Morgan fingerprint density at radius 1 is 0.276 bits per heavy atom. The van der Waals surface area contributed by atoms with E-state index in [-0.39, 0.29) is 25.7 Å². The fourth-order valence-corrected chi connectivity index (χ4v) is 13.8. The van der Waals surface area contributed by atoms with Crippen LogP contribution in [0, 0.1) is 11.8 Å². The van der Waals surface area contributed by atoms with E-state index in [0.717, 1.165) is 102 Å². The van der Waals surface area contributed by atoms with Gasteiger partial charge < -0.3 is 33.8 Å². The number of carbonyl (C=O) groups is 4. The average Bonchev–Trinajstić information content (AvgIpc) is 1.16. The second kappa shape index (κ2) is 70.7. The minimum Gasteiger partial charge on any atom is -0.462 e. The monoisotopic (exact) mass is 1440 g/mol.